The zero-order valence-electron chi connectivity index (χ0n) is 19.6. The Balaban J connectivity index is 1.93. The minimum absolute atomic E-state index is 0.128. The highest BCUT2D eigenvalue weighted by Crippen LogP contribution is 2.33. The van der Waals surface area contributed by atoms with Gasteiger partial charge < -0.3 is 5.32 Å². The fourth-order valence-electron chi connectivity index (χ4n) is 3.53. The van der Waals surface area contributed by atoms with E-state index in [2.05, 4.69) is 5.32 Å². The lowest BCUT2D eigenvalue weighted by Gasteiger charge is -2.26. The SMILES string of the molecule is CCc1ccc(C(C)NC(=O)CN(c2cccc(C(F)(F)F)c2)S(=O)(=O)c2ccc(C)cc2)cc1. The minimum atomic E-state index is -4.67. The van der Waals surface area contributed by atoms with E-state index in [4.69, 9.17) is 0 Å². The number of rotatable bonds is 8. The first-order valence-corrected chi connectivity index (χ1v) is 12.5. The van der Waals surface area contributed by atoms with E-state index in [0.29, 0.717) is 4.31 Å². The first-order chi connectivity index (χ1) is 16.4. The molecule has 1 N–H and O–H groups in total. The zero-order chi connectivity index (χ0) is 25.8. The molecule has 0 aliphatic carbocycles. The van der Waals surface area contributed by atoms with E-state index < -0.39 is 40.3 Å². The van der Waals surface area contributed by atoms with E-state index in [1.54, 1.807) is 26.0 Å². The Labute approximate surface area is 203 Å². The Kier molecular flexibility index (Phi) is 7.90. The van der Waals surface area contributed by atoms with Crippen LogP contribution in [0.15, 0.2) is 77.7 Å². The molecule has 3 rings (SSSR count). The lowest BCUT2D eigenvalue weighted by atomic mass is 10.1. The zero-order valence-corrected chi connectivity index (χ0v) is 20.5. The highest BCUT2D eigenvalue weighted by molar-refractivity contribution is 7.92. The van der Waals surface area contributed by atoms with Gasteiger partial charge in [0.05, 0.1) is 22.2 Å². The fraction of sp³-hybridized carbons (Fsp3) is 0.269. The van der Waals surface area contributed by atoms with Crippen LogP contribution in [0.25, 0.3) is 0 Å². The molecule has 0 fully saturated rings. The van der Waals surface area contributed by atoms with E-state index in [9.17, 15) is 26.4 Å². The summed E-state index contributed by atoms with van der Waals surface area (Å²) in [6.45, 7) is 4.87. The molecule has 0 saturated carbocycles. The van der Waals surface area contributed by atoms with E-state index in [1.165, 1.54) is 18.2 Å². The molecule has 186 valence electrons. The lowest BCUT2D eigenvalue weighted by Crippen LogP contribution is -2.41. The van der Waals surface area contributed by atoms with Gasteiger partial charge in [0, 0.05) is 0 Å². The number of nitrogens with zero attached hydrogens (tertiary/aromatic N) is 1. The molecular formula is C26H27F3N2O3S. The normalized spacial score (nSPS) is 12.7. The monoisotopic (exact) mass is 504 g/mol. The van der Waals surface area contributed by atoms with Crippen molar-refractivity contribution in [3.05, 3.63) is 95.1 Å². The highest BCUT2D eigenvalue weighted by atomic mass is 32.2. The number of halogens is 3. The third-order valence-electron chi connectivity index (χ3n) is 5.62. The standard InChI is InChI=1S/C26H27F3N2O3S/c1-4-20-10-12-21(13-11-20)19(3)30-25(32)17-31(23-7-5-6-22(16-23)26(27,28)29)35(33,34)24-14-8-18(2)9-15-24/h5-16,19H,4,17H2,1-3H3,(H,30,32). The number of aryl methyl sites for hydroxylation is 2. The maximum Gasteiger partial charge on any atom is 0.416 e. The second-order valence-corrected chi connectivity index (χ2v) is 10.1. The van der Waals surface area contributed by atoms with E-state index in [1.807, 2.05) is 31.2 Å². The molecule has 0 bridgehead atoms. The van der Waals surface area contributed by atoms with Gasteiger partial charge in [0.25, 0.3) is 10.0 Å². The van der Waals surface area contributed by atoms with Crippen LogP contribution in [0.1, 0.15) is 42.1 Å². The third-order valence-corrected chi connectivity index (χ3v) is 7.41. The summed E-state index contributed by atoms with van der Waals surface area (Å²) in [7, 11) is -4.33. The topological polar surface area (TPSA) is 66.5 Å². The maximum atomic E-state index is 13.4. The molecule has 35 heavy (non-hydrogen) atoms. The second kappa shape index (κ2) is 10.5. The van der Waals surface area contributed by atoms with Gasteiger partial charge in [-0.3, -0.25) is 9.10 Å². The van der Waals surface area contributed by atoms with Crippen molar-refractivity contribution in [2.75, 3.05) is 10.8 Å². The average Bonchev–Trinajstić information content (AvgIpc) is 2.82. The fourth-order valence-corrected chi connectivity index (χ4v) is 4.95. The van der Waals surface area contributed by atoms with Gasteiger partial charge in [-0.2, -0.15) is 13.2 Å². The number of carbonyl (C=O) groups is 1. The second-order valence-electron chi connectivity index (χ2n) is 8.26. The van der Waals surface area contributed by atoms with Crippen LogP contribution >= 0.6 is 0 Å². The number of hydrogen-bond acceptors (Lipinski definition) is 3. The largest absolute Gasteiger partial charge is 0.416 e. The third kappa shape index (κ3) is 6.42. The lowest BCUT2D eigenvalue weighted by molar-refractivity contribution is -0.137. The molecule has 0 aliphatic heterocycles. The van der Waals surface area contributed by atoms with E-state index >= 15 is 0 Å². The quantitative estimate of drug-likeness (QED) is 0.431. The van der Waals surface area contributed by atoms with Crippen LogP contribution in [0.5, 0.6) is 0 Å². The Hall–Kier alpha value is -3.33. The number of benzene rings is 3. The number of hydrogen-bond donors (Lipinski definition) is 1. The Morgan fingerprint density at radius 2 is 1.63 bits per heavy atom. The van der Waals surface area contributed by atoms with Crippen molar-refractivity contribution in [2.45, 2.75) is 44.3 Å². The molecular weight excluding hydrogens is 477 g/mol. The predicted molar refractivity (Wildman–Crippen MR) is 130 cm³/mol. The van der Waals surface area contributed by atoms with Crippen LogP contribution in [-0.2, 0) is 27.4 Å². The van der Waals surface area contributed by atoms with Gasteiger partial charge in [-0.1, -0.05) is 55.0 Å². The molecule has 3 aromatic rings. The molecule has 5 nitrogen and oxygen atoms in total. The Bertz CT molecular complexity index is 1270. The van der Waals surface area contributed by atoms with Gasteiger partial charge in [-0.05, 0) is 61.7 Å². The van der Waals surface area contributed by atoms with Crippen molar-refractivity contribution in [1.29, 1.82) is 0 Å². The Morgan fingerprint density at radius 1 is 1.00 bits per heavy atom. The summed E-state index contributed by atoms with van der Waals surface area (Å²) < 4.78 is 67.5. The van der Waals surface area contributed by atoms with Gasteiger partial charge in [-0.15, -0.1) is 0 Å². The van der Waals surface area contributed by atoms with Crippen LogP contribution in [-0.4, -0.2) is 20.9 Å². The number of alkyl halides is 3. The van der Waals surface area contributed by atoms with Gasteiger partial charge in [-0.25, -0.2) is 8.42 Å². The van der Waals surface area contributed by atoms with Gasteiger partial charge in [0.1, 0.15) is 6.54 Å². The summed E-state index contributed by atoms with van der Waals surface area (Å²) in [6.07, 6.45) is -3.80. The molecule has 0 saturated heterocycles. The van der Waals surface area contributed by atoms with Crippen LogP contribution in [0.2, 0.25) is 0 Å². The first kappa shape index (κ1) is 26.3. The maximum absolute atomic E-state index is 13.4. The number of carbonyl (C=O) groups excluding carboxylic acids is 1. The molecule has 3 aromatic carbocycles. The van der Waals surface area contributed by atoms with Crippen molar-refractivity contribution in [2.24, 2.45) is 0 Å². The van der Waals surface area contributed by atoms with Crippen LogP contribution in [0.3, 0.4) is 0 Å². The molecule has 0 aromatic heterocycles. The van der Waals surface area contributed by atoms with Gasteiger partial charge >= 0.3 is 6.18 Å². The van der Waals surface area contributed by atoms with Crippen LogP contribution in [0, 0.1) is 6.92 Å². The molecule has 0 radical (unpaired) electrons. The molecule has 0 aliphatic rings. The van der Waals surface area contributed by atoms with Crippen LogP contribution < -0.4 is 9.62 Å². The van der Waals surface area contributed by atoms with Gasteiger partial charge in [0.15, 0.2) is 0 Å². The van der Waals surface area contributed by atoms with Crippen molar-refractivity contribution in [1.82, 2.24) is 5.32 Å². The first-order valence-electron chi connectivity index (χ1n) is 11.1. The number of nitrogens with one attached hydrogen (secondary N) is 1. The summed E-state index contributed by atoms with van der Waals surface area (Å²) in [5.74, 6) is -0.648. The number of sulfonamides is 1. The molecule has 0 spiro atoms. The average molecular weight is 505 g/mol. The molecule has 0 heterocycles. The summed E-state index contributed by atoms with van der Waals surface area (Å²) in [6, 6.07) is 17.0. The summed E-state index contributed by atoms with van der Waals surface area (Å²) >= 11 is 0. The smallest absolute Gasteiger partial charge is 0.348 e. The number of amides is 1. The molecule has 1 amide bonds. The highest BCUT2D eigenvalue weighted by Gasteiger charge is 2.33. The number of anilines is 1. The summed E-state index contributed by atoms with van der Waals surface area (Å²) in [5.41, 5.74) is 1.50. The van der Waals surface area contributed by atoms with Gasteiger partial charge in [0.2, 0.25) is 5.91 Å². The van der Waals surface area contributed by atoms with Crippen LogP contribution in [0.4, 0.5) is 18.9 Å². The van der Waals surface area contributed by atoms with Crippen molar-refractivity contribution in [3.8, 4) is 0 Å². The predicted octanol–water partition coefficient (Wildman–Crippen LogP) is 5.65. The minimum Gasteiger partial charge on any atom is -0.348 e. The van der Waals surface area contributed by atoms with E-state index in [0.717, 1.165) is 41.3 Å². The Morgan fingerprint density at radius 3 is 2.20 bits per heavy atom. The summed E-state index contributed by atoms with van der Waals surface area (Å²) in [5, 5.41) is 2.74. The van der Waals surface area contributed by atoms with Crippen molar-refractivity contribution in [3.63, 3.8) is 0 Å². The van der Waals surface area contributed by atoms with E-state index in [-0.39, 0.29) is 10.6 Å². The van der Waals surface area contributed by atoms with Crippen molar-refractivity contribution < 1.29 is 26.4 Å². The van der Waals surface area contributed by atoms with Crippen molar-refractivity contribution >= 4 is 21.6 Å². The molecule has 1 atom stereocenters. The summed E-state index contributed by atoms with van der Waals surface area (Å²) in [4.78, 5) is 12.8. The molecule has 1 unspecified atom stereocenters. The molecule has 9 heteroatoms.